The van der Waals surface area contributed by atoms with E-state index in [0.717, 1.165) is 35.2 Å². The Bertz CT molecular complexity index is 423. The molecule has 1 atom stereocenters. The van der Waals surface area contributed by atoms with Gasteiger partial charge in [-0.05, 0) is 54.1 Å². The molecule has 1 aliphatic heterocycles. The molecule has 1 aromatic heterocycles. The topological polar surface area (TPSA) is 62.4 Å². The molecule has 3 N–H and O–H groups in total. The smallest absolute Gasteiger partial charge is 0.143 e. The number of piperidine rings is 1. The van der Waals surface area contributed by atoms with Gasteiger partial charge in [0.2, 0.25) is 0 Å². The van der Waals surface area contributed by atoms with Crippen LogP contribution >= 0.6 is 15.9 Å². The Morgan fingerprint density at radius 1 is 1.56 bits per heavy atom. The summed E-state index contributed by atoms with van der Waals surface area (Å²) in [5.74, 6) is 0.958. The highest BCUT2D eigenvalue weighted by molar-refractivity contribution is 9.10. The van der Waals surface area contributed by atoms with Crippen molar-refractivity contribution in [2.24, 2.45) is 0 Å². The molecular weight excluding hydrogens is 294 g/mol. The minimum absolute atomic E-state index is 0.229. The van der Waals surface area contributed by atoms with Crippen molar-refractivity contribution >= 4 is 27.4 Å². The molecule has 100 valence electrons. The van der Waals surface area contributed by atoms with Crippen molar-refractivity contribution in [2.75, 3.05) is 23.8 Å². The Morgan fingerprint density at radius 3 is 3.06 bits per heavy atom. The first kappa shape index (κ1) is 13.6. The van der Waals surface area contributed by atoms with Gasteiger partial charge in [-0.3, -0.25) is 0 Å². The SMILES string of the molecule is Cc1c(N)cnc(N2CCCCC2CCO)c1Br. The number of hydrogen-bond acceptors (Lipinski definition) is 4. The van der Waals surface area contributed by atoms with Crippen LogP contribution in [0.2, 0.25) is 0 Å². The van der Waals surface area contributed by atoms with E-state index in [9.17, 15) is 5.11 Å². The first-order valence-electron chi connectivity index (χ1n) is 6.43. The second-order valence-electron chi connectivity index (χ2n) is 4.83. The summed E-state index contributed by atoms with van der Waals surface area (Å²) in [6.07, 6.45) is 6.06. The number of aromatic nitrogens is 1. The zero-order chi connectivity index (χ0) is 13.1. The fourth-order valence-corrected chi connectivity index (χ4v) is 3.07. The molecule has 1 fully saturated rings. The number of anilines is 2. The fourth-order valence-electron chi connectivity index (χ4n) is 2.51. The highest BCUT2D eigenvalue weighted by Gasteiger charge is 2.25. The lowest BCUT2D eigenvalue weighted by molar-refractivity contribution is 0.262. The maximum absolute atomic E-state index is 9.17. The standard InChI is InChI=1S/C13H20BrN3O/c1-9-11(15)8-16-13(12(9)14)17-6-3-2-4-10(17)5-7-18/h8,10,18H,2-7,15H2,1H3. The van der Waals surface area contributed by atoms with Gasteiger partial charge >= 0.3 is 0 Å². The number of hydrogen-bond donors (Lipinski definition) is 2. The molecule has 4 nitrogen and oxygen atoms in total. The molecule has 1 unspecified atom stereocenters. The molecule has 0 aliphatic carbocycles. The minimum atomic E-state index is 0.229. The summed E-state index contributed by atoms with van der Waals surface area (Å²) in [5.41, 5.74) is 7.61. The summed E-state index contributed by atoms with van der Waals surface area (Å²) in [7, 11) is 0. The molecule has 0 amide bonds. The molecule has 0 aromatic carbocycles. The molecule has 0 saturated carbocycles. The highest BCUT2D eigenvalue weighted by atomic mass is 79.9. The Labute approximate surface area is 116 Å². The third kappa shape index (κ3) is 2.62. The molecule has 1 aliphatic rings. The van der Waals surface area contributed by atoms with Crippen molar-refractivity contribution in [3.05, 3.63) is 16.2 Å². The third-order valence-electron chi connectivity index (χ3n) is 3.65. The van der Waals surface area contributed by atoms with Gasteiger partial charge in [-0.25, -0.2) is 4.98 Å². The molecule has 18 heavy (non-hydrogen) atoms. The van der Waals surface area contributed by atoms with Gasteiger partial charge in [0, 0.05) is 19.2 Å². The maximum Gasteiger partial charge on any atom is 0.143 e. The lowest BCUT2D eigenvalue weighted by atomic mass is 9.99. The van der Waals surface area contributed by atoms with Crippen LogP contribution in [0.4, 0.5) is 11.5 Å². The summed E-state index contributed by atoms with van der Waals surface area (Å²) in [6, 6.07) is 0.385. The number of aliphatic hydroxyl groups excluding tert-OH is 1. The number of pyridine rings is 1. The van der Waals surface area contributed by atoms with E-state index in [2.05, 4.69) is 25.8 Å². The summed E-state index contributed by atoms with van der Waals surface area (Å²) in [5, 5.41) is 9.17. The van der Waals surface area contributed by atoms with Crippen LogP contribution in [0.5, 0.6) is 0 Å². The van der Waals surface area contributed by atoms with Crippen LogP contribution in [0.3, 0.4) is 0 Å². The van der Waals surface area contributed by atoms with E-state index >= 15 is 0 Å². The Kier molecular flexibility index (Phi) is 4.45. The van der Waals surface area contributed by atoms with Crippen LogP contribution in [0.25, 0.3) is 0 Å². The number of nitrogen functional groups attached to an aromatic ring is 1. The van der Waals surface area contributed by atoms with Gasteiger partial charge in [0.15, 0.2) is 0 Å². The lowest BCUT2D eigenvalue weighted by Gasteiger charge is -2.37. The van der Waals surface area contributed by atoms with Gasteiger partial charge in [-0.2, -0.15) is 0 Å². The van der Waals surface area contributed by atoms with Gasteiger partial charge in [0.05, 0.1) is 16.4 Å². The van der Waals surface area contributed by atoms with E-state index in [4.69, 9.17) is 5.73 Å². The van der Waals surface area contributed by atoms with Crippen molar-refractivity contribution in [3.8, 4) is 0 Å². The molecule has 5 heteroatoms. The Hall–Kier alpha value is -0.810. The highest BCUT2D eigenvalue weighted by Crippen LogP contribution is 2.34. The van der Waals surface area contributed by atoms with Crippen molar-refractivity contribution in [1.29, 1.82) is 0 Å². The minimum Gasteiger partial charge on any atom is -0.397 e. The van der Waals surface area contributed by atoms with Gasteiger partial charge in [0.1, 0.15) is 5.82 Å². The van der Waals surface area contributed by atoms with E-state index in [-0.39, 0.29) is 6.61 Å². The van der Waals surface area contributed by atoms with Crippen LogP contribution < -0.4 is 10.6 Å². The number of nitrogens with two attached hydrogens (primary N) is 1. The summed E-state index contributed by atoms with van der Waals surface area (Å²) in [6.45, 7) is 3.22. The third-order valence-corrected chi connectivity index (χ3v) is 4.60. The van der Waals surface area contributed by atoms with Crippen LogP contribution in [0.1, 0.15) is 31.2 Å². The Morgan fingerprint density at radius 2 is 2.33 bits per heavy atom. The molecule has 0 spiro atoms. The van der Waals surface area contributed by atoms with Crippen LogP contribution in [0.15, 0.2) is 10.7 Å². The normalized spacial score (nSPS) is 20.2. The Balaban J connectivity index is 2.31. The number of nitrogens with zero attached hydrogens (tertiary/aromatic N) is 2. The van der Waals surface area contributed by atoms with E-state index in [1.165, 1.54) is 12.8 Å². The molecule has 1 saturated heterocycles. The van der Waals surface area contributed by atoms with Gasteiger partial charge < -0.3 is 15.7 Å². The van der Waals surface area contributed by atoms with Gasteiger partial charge in [-0.1, -0.05) is 0 Å². The monoisotopic (exact) mass is 313 g/mol. The predicted octanol–water partition coefficient (Wildman–Crippen LogP) is 2.48. The molecule has 2 heterocycles. The maximum atomic E-state index is 9.17. The largest absolute Gasteiger partial charge is 0.397 e. The van der Waals surface area contributed by atoms with E-state index < -0.39 is 0 Å². The van der Waals surface area contributed by atoms with Crippen LogP contribution in [0, 0.1) is 6.92 Å². The van der Waals surface area contributed by atoms with Crippen molar-refractivity contribution in [3.63, 3.8) is 0 Å². The molecule has 0 radical (unpaired) electrons. The molecule has 2 rings (SSSR count). The second-order valence-corrected chi connectivity index (χ2v) is 5.62. The van der Waals surface area contributed by atoms with E-state index in [0.29, 0.717) is 11.7 Å². The summed E-state index contributed by atoms with van der Waals surface area (Å²) >= 11 is 3.60. The quantitative estimate of drug-likeness (QED) is 0.900. The molecule has 0 bridgehead atoms. The van der Waals surface area contributed by atoms with Crippen molar-refractivity contribution in [2.45, 2.75) is 38.6 Å². The molecular formula is C13H20BrN3O. The van der Waals surface area contributed by atoms with E-state index in [1.54, 1.807) is 6.20 Å². The zero-order valence-corrected chi connectivity index (χ0v) is 12.3. The average Bonchev–Trinajstić information content (AvgIpc) is 2.38. The summed E-state index contributed by atoms with van der Waals surface area (Å²) < 4.78 is 0.979. The number of rotatable bonds is 3. The van der Waals surface area contributed by atoms with Crippen LogP contribution in [-0.4, -0.2) is 29.3 Å². The van der Waals surface area contributed by atoms with Crippen molar-refractivity contribution in [1.82, 2.24) is 4.98 Å². The van der Waals surface area contributed by atoms with E-state index in [1.807, 2.05) is 6.92 Å². The zero-order valence-electron chi connectivity index (χ0n) is 10.7. The predicted molar refractivity (Wildman–Crippen MR) is 77.8 cm³/mol. The number of aliphatic hydroxyl groups is 1. The summed E-state index contributed by atoms with van der Waals surface area (Å²) in [4.78, 5) is 6.77. The first-order valence-corrected chi connectivity index (χ1v) is 7.22. The lowest BCUT2D eigenvalue weighted by Crippen LogP contribution is -2.41. The van der Waals surface area contributed by atoms with Gasteiger partial charge in [0.25, 0.3) is 0 Å². The fraction of sp³-hybridized carbons (Fsp3) is 0.615. The van der Waals surface area contributed by atoms with Crippen molar-refractivity contribution < 1.29 is 5.11 Å². The molecule has 1 aromatic rings. The van der Waals surface area contributed by atoms with Gasteiger partial charge in [-0.15, -0.1) is 0 Å². The average molecular weight is 314 g/mol. The number of halogens is 1. The van der Waals surface area contributed by atoms with Crippen LogP contribution in [-0.2, 0) is 0 Å². The first-order chi connectivity index (χ1) is 8.65. The second kappa shape index (κ2) is 5.89.